The Bertz CT molecular complexity index is 770. The normalized spacial score (nSPS) is 10.6. The van der Waals surface area contributed by atoms with E-state index in [0.717, 1.165) is 28.4 Å². The van der Waals surface area contributed by atoms with Crippen LogP contribution in [0.25, 0.3) is 0 Å². The van der Waals surface area contributed by atoms with Gasteiger partial charge in [0.05, 0.1) is 32.0 Å². The summed E-state index contributed by atoms with van der Waals surface area (Å²) in [6.07, 6.45) is 4.29. The molecule has 4 radical (unpaired) electrons. The van der Waals surface area contributed by atoms with Crippen molar-refractivity contribution >= 4 is 31.3 Å². The summed E-state index contributed by atoms with van der Waals surface area (Å²) in [5, 5.41) is 14.6. The average molecular weight is 1420 g/mol. The standard InChI is InChI=1S/C5H13O4P.C4H11O4P.2C3H9O4P.4C3H8.C2H6O.4C2H5.CH4O.2CH4.4CH3.4Y/c1-4-8-10(6,7)9-5(2)3;1-4(2)8-9(5,6)7-3;2*1-3-7-8(4,5)6-2;4*1-3-2;1-2-3;5*1-2;;;;;;;;;;/h5H,4H2,1-3H3,(H,6,7);4H,1-3H3,(H,5,6);2*3H2,1-2H3,(H,4,5);4*3H2,1-2H3;3H,2H2,1H3;4*1H2,2H3;2H,1H3;2*1H4;4*1H3;;;;/q;;;;;;;;;4*-1;;;;4*-1;;;;/p-4. The van der Waals surface area contributed by atoms with Crippen LogP contribution in [0.3, 0.4) is 0 Å². The Morgan fingerprint density at radius 3 is 0.586 bits per heavy atom. The molecule has 0 saturated carbocycles. The van der Waals surface area contributed by atoms with E-state index in [1.807, 2.05) is 0 Å². The summed E-state index contributed by atoms with van der Waals surface area (Å²) in [5.41, 5.74) is 0. The molecule has 0 rings (SSSR count). The fraction of sp³-hybridized carbons (Fsp3) is 0.818. The number of rotatable bonds is 13. The zero-order chi connectivity index (χ0) is 52.5. The molecule has 0 aliphatic heterocycles. The van der Waals surface area contributed by atoms with Gasteiger partial charge in [-0.1, -0.05) is 95.9 Å². The van der Waals surface area contributed by atoms with Crippen LogP contribution in [-0.2, 0) is 185 Å². The van der Waals surface area contributed by atoms with E-state index in [9.17, 15) is 37.8 Å². The Hall–Kier alpha value is 4.78. The van der Waals surface area contributed by atoms with E-state index in [-0.39, 0.29) is 214 Å². The predicted octanol–water partition coefficient (Wildman–Crippen LogP) is 13.4. The second kappa shape index (κ2) is 152. The third-order valence-electron chi connectivity index (χ3n) is 2.21. The molecule has 0 heterocycles. The second-order valence-corrected chi connectivity index (χ2v) is 14.9. The molecule has 4 unspecified atom stereocenters. The Balaban J connectivity index is -0.0000000153. The molecule has 0 aromatic heterocycles. The zero-order valence-corrected chi connectivity index (χ0v) is 64.1. The molecule has 0 amide bonds. The van der Waals surface area contributed by atoms with Gasteiger partial charge in [-0.05, 0) is 55.4 Å². The SMILES string of the molecule is C.C.CCC.CCC.CCC.CCC.CCO.CCOP(=O)([O-])OC.CCOP(=O)([O-])OC.CCOP(=O)([O-])OC(C)C.CO.COP(=O)([O-])OC(C)C.[CH2-]C.[CH2-]C.[CH2-]C.[CH2-]C.[CH3-].[CH3-].[CH3-].[CH3-].[Y].[Y].[Y].[Y]. The van der Waals surface area contributed by atoms with E-state index >= 15 is 0 Å². The van der Waals surface area contributed by atoms with Gasteiger partial charge in [0.15, 0.2) is 0 Å². The van der Waals surface area contributed by atoms with E-state index in [1.54, 1.807) is 83.1 Å². The van der Waals surface area contributed by atoms with Gasteiger partial charge in [-0.2, -0.15) is 27.7 Å². The van der Waals surface area contributed by atoms with Crippen LogP contribution in [0, 0.1) is 57.4 Å². The Morgan fingerprint density at radius 2 is 0.514 bits per heavy atom. The van der Waals surface area contributed by atoms with Crippen LogP contribution in [0.2, 0.25) is 0 Å². The van der Waals surface area contributed by atoms with Crippen molar-refractivity contribution in [3.63, 3.8) is 0 Å². The molecule has 0 saturated heterocycles. The molecular weight excluding hydrogens is 1300 g/mol. The van der Waals surface area contributed by atoms with Gasteiger partial charge in [-0.25, -0.2) is 0 Å². The molecule has 0 aliphatic carbocycles. The van der Waals surface area contributed by atoms with Crippen LogP contribution in [0.4, 0.5) is 0 Å². The van der Waals surface area contributed by atoms with Crippen molar-refractivity contribution in [1.29, 1.82) is 0 Å². The van der Waals surface area contributed by atoms with Crippen LogP contribution in [-0.4, -0.2) is 77.3 Å². The molecule has 4 atom stereocenters. The minimum absolute atomic E-state index is 0. The van der Waals surface area contributed by atoms with Gasteiger partial charge in [0.25, 0.3) is 31.3 Å². The van der Waals surface area contributed by atoms with Gasteiger partial charge >= 0.3 is 0 Å². The molecule has 0 aliphatic rings. The minimum atomic E-state index is -4.00. The van der Waals surface area contributed by atoms with Gasteiger partial charge in [0.1, 0.15) is 0 Å². The van der Waals surface area contributed by atoms with Crippen molar-refractivity contribution < 1.29 is 215 Å². The van der Waals surface area contributed by atoms with Crippen LogP contribution < -0.4 is 19.6 Å². The fourth-order valence-corrected chi connectivity index (χ4v) is 3.51. The first kappa shape index (κ1) is 158. The third-order valence-corrected chi connectivity index (χ3v) is 6.64. The molecule has 0 spiro atoms. The van der Waals surface area contributed by atoms with Crippen LogP contribution in [0.1, 0.15) is 179 Å². The maximum atomic E-state index is 10.6. The van der Waals surface area contributed by atoms with E-state index in [1.165, 1.54) is 25.7 Å². The maximum absolute atomic E-state index is 10.6. The van der Waals surface area contributed by atoms with E-state index in [4.69, 9.17) is 10.2 Å². The van der Waals surface area contributed by atoms with E-state index < -0.39 is 31.3 Å². The number of phosphoric acid groups is 4. The molecule has 2 N–H and O–H groups in total. The summed E-state index contributed by atoms with van der Waals surface area (Å²) in [4.78, 5) is 41.4. The molecule has 448 valence electrons. The number of hydrogen-bond donors (Lipinski definition) is 2. The first-order valence-electron chi connectivity index (χ1n) is 19.9. The van der Waals surface area contributed by atoms with Crippen molar-refractivity contribution in [3.8, 4) is 0 Å². The van der Waals surface area contributed by atoms with Gasteiger partial charge in [0, 0.05) is 166 Å². The average Bonchev–Trinajstić information content (AvgIpc) is 3.17. The van der Waals surface area contributed by atoms with Crippen LogP contribution in [0.5, 0.6) is 0 Å². The van der Waals surface area contributed by atoms with Gasteiger partial charge in [-0.3, -0.25) is 18.3 Å². The molecule has 18 nitrogen and oxygen atoms in total. The van der Waals surface area contributed by atoms with Crippen molar-refractivity contribution in [1.82, 2.24) is 0 Å². The molecule has 0 bridgehead atoms. The Morgan fingerprint density at radius 1 is 0.400 bits per heavy atom. The number of hydrogen-bond acceptors (Lipinski definition) is 18. The smallest absolute Gasteiger partial charge is 0.268 e. The summed E-state index contributed by atoms with van der Waals surface area (Å²) >= 11 is 0. The molecule has 0 aromatic rings. The zero-order valence-electron chi connectivity index (χ0n) is 49.2. The van der Waals surface area contributed by atoms with E-state index in [0.29, 0.717) is 0 Å². The molecule has 0 aromatic carbocycles. The van der Waals surface area contributed by atoms with Gasteiger partial charge < -0.3 is 123 Å². The Labute approximate surface area is 543 Å². The predicted molar refractivity (Wildman–Crippen MR) is 287 cm³/mol. The Kier molecular flexibility index (Phi) is 342. The quantitative estimate of drug-likeness (QED) is 0.128. The summed E-state index contributed by atoms with van der Waals surface area (Å²) < 4.78 is 74.8. The van der Waals surface area contributed by atoms with E-state index in [2.05, 4.69) is 119 Å². The largest absolute Gasteiger partial charge is 0.756 e. The summed E-state index contributed by atoms with van der Waals surface area (Å²) in [6, 6.07) is 0. The summed E-state index contributed by atoms with van der Waals surface area (Å²) in [7, 11) is -11.6. The van der Waals surface area contributed by atoms with Crippen LogP contribution in [0.15, 0.2) is 0 Å². The fourth-order valence-electron chi connectivity index (χ4n) is 1.17. The van der Waals surface area contributed by atoms with Crippen LogP contribution >= 0.6 is 31.3 Å². The number of phosphoric ester groups is 4. The molecular formula is C44H120O18P4Y4-12. The first-order valence-corrected chi connectivity index (χ1v) is 25.7. The summed E-state index contributed by atoms with van der Waals surface area (Å²) in [6.45, 7) is 50.5. The monoisotopic (exact) mass is 1420 g/mol. The number of aliphatic hydroxyl groups is 2. The van der Waals surface area contributed by atoms with Crippen molar-refractivity contribution in [2.75, 3.05) is 54.9 Å². The minimum Gasteiger partial charge on any atom is -0.756 e. The number of aliphatic hydroxyl groups excluding tert-OH is 2. The van der Waals surface area contributed by atoms with Gasteiger partial charge in [-0.15, -0.1) is 0 Å². The molecule has 0 fully saturated rings. The van der Waals surface area contributed by atoms with Crippen molar-refractivity contribution in [2.45, 2.75) is 191 Å². The van der Waals surface area contributed by atoms with Gasteiger partial charge in [0.2, 0.25) is 0 Å². The third kappa shape index (κ3) is 293. The first-order chi connectivity index (χ1) is 27.8. The molecule has 70 heavy (non-hydrogen) atoms. The van der Waals surface area contributed by atoms with Crippen molar-refractivity contribution in [2.24, 2.45) is 0 Å². The second-order valence-electron chi connectivity index (χ2n) is 9.04. The van der Waals surface area contributed by atoms with Crippen molar-refractivity contribution in [3.05, 3.63) is 57.4 Å². The topological polar surface area (TPSA) is 275 Å². The molecule has 26 heteroatoms. The maximum Gasteiger partial charge on any atom is 0.268 e. The summed E-state index contributed by atoms with van der Waals surface area (Å²) in [5.74, 6) is 0.